The van der Waals surface area contributed by atoms with E-state index in [4.69, 9.17) is 64.3 Å². The first-order chi connectivity index (χ1) is 38.2. The number of carbonyl (C=O) groups is 3. The number of nitrogens with zero attached hydrogens (tertiary/aromatic N) is 7. The Morgan fingerprint density at radius 3 is 1.18 bits per heavy atom. The van der Waals surface area contributed by atoms with Crippen LogP contribution in [0.4, 0.5) is 5.69 Å². The van der Waals surface area contributed by atoms with Gasteiger partial charge in [0.2, 0.25) is 5.82 Å². The smallest absolute Gasteiger partial charge is 0.317 e. The molecule has 0 spiro atoms. The van der Waals surface area contributed by atoms with Gasteiger partial charge in [-0.1, -0.05) is 24.3 Å². The zero-order valence-electron chi connectivity index (χ0n) is 44.7. The highest BCUT2D eigenvalue weighted by molar-refractivity contribution is 7.80. The fourth-order valence-corrected chi connectivity index (χ4v) is 7.35. The molecule has 27 heteroatoms. The molecular weight excluding hydrogens is 1040 g/mol. The number of thiocarbonyl (C=S) groups is 1. The fourth-order valence-electron chi connectivity index (χ4n) is 7.13. The van der Waals surface area contributed by atoms with Crippen molar-refractivity contribution in [3.8, 4) is 11.4 Å². The summed E-state index contributed by atoms with van der Waals surface area (Å²) in [6.45, 7) is 14.8. The molecule has 0 aliphatic carbocycles. The number of carbonyl (C=O) groups excluding carboxylic acids is 1. The van der Waals surface area contributed by atoms with Crippen molar-refractivity contribution in [2.24, 2.45) is 0 Å². The van der Waals surface area contributed by atoms with Crippen molar-refractivity contribution in [1.29, 1.82) is 0 Å². The molecular formula is C51H80N10O16S. The molecule has 4 rings (SSSR count). The van der Waals surface area contributed by atoms with E-state index in [0.717, 1.165) is 16.8 Å². The molecule has 2 heterocycles. The van der Waals surface area contributed by atoms with Crippen molar-refractivity contribution in [1.82, 2.24) is 45.7 Å². The first kappa shape index (κ1) is 65.4. The number of aromatic nitrogens is 4. The van der Waals surface area contributed by atoms with E-state index in [9.17, 15) is 24.6 Å². The Labute approximate surface area is 461 Å². The Balaban J connectivity index is 0.799. The zero-order chi connectivity index (χ0) is 55.4. The summed E-state index contributed by atoms with van der Waals surface area (Å²) in [5, 5.41) is 43.4. The van der Waals surface area contributed by atoms with Crippen LogP contribution in [0.25, 0.3) is 11.4 Å². The van der Waals surface area contributed by atoms with Crippen molar-refractivity contribution in [3.63, 3.8) is 0 Å². The average Bonchev–Trinajstić information content (AvgIpc) is 3.52. The number of carboxylic acid groups (broad SMARTS) is 2. The van der Waals surface area contributed by atoms with Gasteiger partial charge in [-0.05, 0) is 42.0 Å². The lowest BCUT2D eigenvalue weighted by atomic mass is 10.1. The number of anilines is 1. The Morgan fingerprint density at radius 2 is 0.808 bits per heavy atom. The van der Waals surface area contributed by atoms with Crippen LogP contribution < -0.4 is 16.0 Å². The first-order valence-corrected chi connectivity index (χ1v) is 26.6. The molecule has 1 aliphatic rings. The standard InChI is InChI=1S/C51H80N10O16S/c62-47(63)40-60-13-11-59(12-14-61(16-15-60)41-48(64)65)39-43-1-7-46(8-2-43)56-51(78)53-10-18-68-20-22-70-24-26-72-28-30-74-32-34-76-36-38-77-37-35-75-33-31-73-29-27-71-25-23-69-21-19-67-17-9-52-50(66)45-5-3-44(4-6-45)49-57-54-42-55-58-49/h1-8,42H,9-41H2,(H,52,66)(H,62,63)(H,64,65)(H2,53,56,78). The van der Waals surface area contributed by atoms with Gasteiger partial charge >= 0.3 is 11.9 Å². The molecule has 0 bridgehead atoms. The van der Waals surface area contributed by atoms with Gasteiger partial charge in [0, 0.05) is 75.7 Å². The van der Waals surface area contributed by atoms with E-state index < -0.39 is 11.9 Å². The van der Waals surface area contributed by atoms with Gasteiger partial charge in [0.1, 0.15) is 0 Å². The van der Waals surface area contributed by atoms with E-state index >= 15 is 0 Å². The highest BCUT2D eigenvalue weighted by Crippen LogP contribution is 2.15. The summed E-state index contributed by atoms with van der Waals surface area (Å²) in [4.78, 5) is 41.0. The Bertz CT molecular complexity index is 2000. The number of benzene rings is 2. The predicted octanol–water partition coefficient (Wildman–Crippen LogP) is 0.421. The SMILES string of the molecule is O=C(O)CN1CCN(CC(=O)O)CCN(Cc2ccc(NC(=S)NCCOCCOCCOCCOCCOCCOCCOCCOCCOCCOCCOCCNC(=O)c3ccc(-c4nncnn4)cc3)cc2)CC1. The van der Waals surface area contributed by atoms with Crippen LogP contribution in [-0.2, 0) is 68.2 Å². The van der Waals surface area contributed by atoms with Crippen LogP contribution >= 0.6 is 12.2 Å². The number of hydrogen-bond acceptors (Lipinski definition) is 22. The maximum Gasteiger partial charge on any atom is 0.317 e. The van der Waals surface area contributed by atoms with Crippen LogP contribution in [0.1, 0.15) is 15.9 Å². The molecule has 1 amide bonds. The van der Waals surface area contributed by atoms with Crippen LogP contribution in [0.2, 0.25) is 0 Å². The van der Waals surface area contributed by atoms with Gasteiger partial charge < -0.3 is 78.3 Å². The molecule has 0 radical (unpaired) electrons. The van der Waals surface area contributed by atoms with Crippen molar-refractivity contribution in [3.05, 3.63) is 66.0 Å². The highest BCUT2D eigenvalue weighted by atomic mass is 32.1. The van der Waals surface area contributed by atoms with Crippen molar-refractivity contribution in [2.75, 3.05) is 216 Å². The van der Waals surface area contributed by atoms with E-state index in [0.29, 0.717) is 221 Å². The van der Waals surface area contributed by atoms with Crippen molar-refractivity contribution < 1.29 is 76.7 Å². The van der Waals surface area contributed by atoms with E-state index in [2.05, 4.69) is 41.2 Å². The summed E-state index contributed by atoms with van der Waals surface area (Å²) in [7, 11) is 0. The number of nitrogens with one attached hydrogen (secondary N) is 3. The molecule has 0 atom stereocenters. The van der Waals surface area contributed by atoms with Gasteiger partial charge in [-0.2, -0.15) is 0 Å². The Kier molecular flexibility index (Phi) is 36.7. The molecule has 5 N–H and O–H groups in total. The third kappa shape index (κ3) is 33.4. The summed E-state index contributed by atoms with van der Waals surface area (Å²) in [5.41, 5.74) is 3.15. The minimum atomic E-state index is -0.896. The molecule has 3 aromatic rings. The lowest BCUT2D eigenvalue weighted by molar-refractivity contribution is -0.140. The molecule has 1 fully saturated rings. The van der Waals surface area contributed by atoms with E-state index in [1.165, 1.54) is 6.33 Å². The molecule has 0 unspecified atom stereocenters. The lowest BCUT2D eigenvalue weighted by Gasteiger charge is -2.25. The first-order valence-electron chi connectivity index (χ1n) is 26.2. The number of ether oxygens (including phenoxy) is 11. The second kappa shape index (κ2) is 43.8. The average molecular weight is 1120 g/mol. The van der Waals surface area contributed by atoms with Gasteiger partial charge in [0.25, 0.3) is 5.91 Å². The highest BCUT2D eigenvalue weighted by Gasteiger charge is 2.20. The maximum atomic E-state index is 12.3. The largest absolute Gasteiger partial charge is 0.480 e. The number of rotatable bonds is 45. The summed E-state index contributed by atoms with van der Waals surface area (Å²) >= 11 is 5.44. The molecule has 1 aliphatic heterocycles. The number of hydrogen-bond donors (Lipinski definition) is 5. The van der Waals surface area contributed by atoms with E-state index in [1.807, 2.05) is 34.1 Å². The fraction of sp³-hybridized carbons (Fsp3) is 0.647. The Hall–Kier alpha value is -5.08. The molecule has 1 saturated heterocycles. The molecule has 0 saturated carbocycles. The second-order valence-corrected chi connectivity index (χ2v) is 17.5. The summed E-state index contributed by atoms with van der Waals surface area (Å²) in [6.07, 6.45) is 1.26. The van der Waals surface area contributed by atoms with Crippen LogP contribution in [0, 0.1) is 0 Å². The third-order valence-corrected chi connectivity index (χ3v) is 11.4. The normalized spacial score (nSPS) is 13.6. The van der Waals surface area contributed by atoms with Gasteiger partial charge in [-0.15, -0.1) is 20.4 Å². The van der Waals surface area contributed by atoms with Crippen LogP contribution in [-0.4, -0.2) is 279 Å². The lowest BCUT2D eigenvalue weighted by Crippen LogP contribution is -2.40. The number of aliphatic carboxylic acids is 2. The van der Waals surface area contributed by atoms with Crippen LogP contribution in [0.3, 0.4) is 0 Å². The van der Waals surface area contributed by atoms with Gasteiger partial charge in [-0.25, -0.2) is 0 Å². The third-order valence-electron chi connectivity index (χ3n) is 11.1. The van der Waals surface area contributed by atoms with Gasteiger partial charge in [0.05, 0.1) is 158 Å². The topological polar surface area (TPSA) is 291 Å². The van der Waals surface area contributed by atoms with Crippen molar-refractivity contribution in [2.45, 2.75) is 6.54 Å². The quantitative estimate of drug-likeness (QED) is 0.0379. The van der Waals surface area contributed by atoms with Crippen LogP contribution in [0.5, 0.6) is 0 Å². The zero-order valence-corrected chi connectivity index (χ0v) is 45.5. The van der Waals surface area contributed by atoms with Crippen molar-refractivity contribution >= 4 is 40.9 Å². The molecule has 1 aromatic heterocycles. The molecule has 2 aromatic carbocycles. The minimum absolute atomic E-state index is 0.0759. The van der Waals surface area contributed by atoms with Gasteiger partial charge in [-0.3, -0.25) is 29.1 Å². The summed E-state index contributed by atoms with van der Waals surface area (Å²) < 4.78 is 60.9. The molecule has 436 valence electrons. The Morgan fingerprint density at radius 1 is 0.462 bits per heavy atom. The van der Waals surface area contributed by atoms with Gasteiger partial charge in [0.15, 0.2) is 11.4 Å². The molecule has 26 nitrogen and oxygen atoms in total. The second-order valence-electron chi connectivity index (χ2n) is 17.1. The van der Waals surface area contributed by atoms with E-state index in [-0.39, 0.29) is 19.0 Å². The predicted molar refractivity (Wildman–Crippen MR) is 288 cm³/mol. The summed E-state index contributed by atoms with van der Waals surface area (Å²) in [5.74, 6) is -1.60. The number of carboxylic acids is 2. The summed E-state index contributed by atoms with van der Waals surface area (Å²) in [6, 6.07) is 14.8. The van der Waals surface area contributed by atoms with Crippen LogP contribution in [0.15, 0.2) is 54.9 Å². The monoisotopic (exact) mass is 1120 g/mol. The molecule has 78 heavy (non-hydrogen) atoms. The minimum Gasteiger partial charge on any atom is -0.480 e. The number of amides is 1. The van der Waals surface area contributed by atoms with E-state index in [1.54, 1.807) is 24.3 Å². The maximum absolute atomic E-state index is 12.3.